The number of fused-ring (bicyclic) bond motifs is 5. The van der Waals surface area contributed by atoms with Gasteiger partial charge in [-0.15, -0.1) is 0 Å². The topological polar surface area (TPSA) is 57.5 Å². The summed E-state index contributed by atoms with van der Waals surface area (Å²) in [5, 5.41) is 21.4. The largest absolute Gasteiger partial charge is 0.393 e. The average molecular weight is 419 g/mol. The van der Waals surface area contributed by atoms with Gasteiger partial charge in [-0.25, -0.2) is 0 Å². The van der Waals surface area contributed by atoms with Crippen LogP contribution in [0.2, 0.25) is 0 Å². The molecular formula is C27H46O3. The van der Waals surface area contributed by atoms with Crippen LogP contribution in [0.4, 0.5) is 0 Å². The molecule has 2 N–H and O–H groups in total. The van der Waals surface area contributed by atoms with Crippen LogP contribution in [-0.2, 0) is 4.79 Å². The first-order valence-electron chi connectivity index (χ1n) is 13.0. The van der Waals surface area contributed by atoms with Crippen molar-refractivity contribution in [1.29, 1.82) is 0 Å². The number of aliphatic hydroxyl groups excluding tert-OH is 2. The summed E-state index contributed by atoms with van der Waals surface area (Å²) in [4.78, 5) is 12.2. The fraction of sp³-hybridized carbons (Fsp3) is 0.963. The first-order chi connectivity index (χ1) is 14.1. The van der Waals surface area contributed by atoms with Gasteiger partial charge >= 0.3 is 0 Å². The van der Waals surface area contributed by atoms with Gasteiger partial charge < -0.3 is 10.2 Å². The SMILES string of the molecule is CC(C)C(=O)CC[C@@H](C)[C@H]1CC[C@H]2[C@@H]3C[C@H](O)[C@H]4C[C@H](O)CC[C@]4(C)[C@H]3CC[C@]12C. The molecule has 0 saturated heterocycles. The fourth-order valence-corrected chi connectivity index (χ4v) is 9.11. The third-order valence-corrected chi connectivity index (χ3v) is 10.9. The maximum atomic E-state index is 12.2. The standard InChI is InChI=1S/C27H46O3/c1-16(2)24(29)9-6-17(3)20-7-8-21-19-15-25(30)23-14-18(28)10-12-27(23,5)22(19)11-13-26(20,21)4/h16-23,25,28,30H,6-15H2,1-5H3/t17-,18-,19+,20-,21+,22+,23-,25+,26-,27-/m1/s1. The Morgan fingerprint density at radius 1 is 0.900 bits per heavy atom. The molecular weight excluding hydrogens is 372 g/mol. The van der Waals surface area contributed by atoms with E-state index in [1.165, 1.54) is 25.7 Å². The van der Waals surface area contributed by atoms with Crippen LogP contribution in [0.5, 0.6) is 0 Å². The first kappa shape index (κ1) is 22.8. The van der Waals surface area contributed by atoms with Crippen LogP contribution < -0.4 is 0 Å². The van der Waals surface area contributed by atoms with Crippen molar-refractivity contribution >= 4 is 5.78 Å². The van der Waals surface area contributed by atoms with E-state index in [0.29, 0.717) is 29.0 Å². The third-order valence-electron chi connectivity index (χ3n) is 10.9. The second-order valence-corrected chi connectivity index (χ2v) is 12.6. The number of aliphatic hydroxyl groups is 2. The molecule has 0 heterocycles. The highest BCUT2D eigenvalue weighted by Gasteiger charge is 2.62. The number of hydrogen-bond donors (Lipinski definition) is 2. The number of hydrogen-bond acceptors (Lipinski definition) is 3. The lowest BCUT2D eigenvalue weighted by Gasteiger charge is -2.62. The maximum absolute atomic E-state index is 12.2. The Labute approximate surface area is 184 Å². The molecule has 0 aromatic rings. The van der Waals surface area contributed by atoms with Crippen molar-refractivity contribution in [3.05, 3.63) is 0 Å². The molecule has 0 aromatic heterocycles. The quantitative estimate of drug-likeness (QED) is 0.609. The molecule has 3 nitrogen and oxygen atoms in total. The van der Waals surface area contributed by atoms with Crippen molar-refractivity contribution in [2.75, 3.05) is 0 Å². The van der Waals surface area contributed by atoms with Crippen LogP contribution in [0.25, 0.3) is 0 Å². The normalized spacial score (nSPS) is 49.3. The van der Waals surface area contributed by atoms with E-state index in [1.807, 2.05) is 13.8 Å². The summed E-state index contributed by atoms with van der Waals surface area (Å²) >= 11 is 0. The van der Waals surface area contributed by atoms with Crippen LogP contribution >= 0.6 is 0 Å². The molecule has 3 heteroatoms. The number of rotatable bonds is 5. The van der Waals surface area contributed by atoms with Crippen LogP contribution in [-0.4, -0.2) is 28.2 Å². The number of Topliss-reactive ketones (excluding diaryl/α,β-unsaturated/α-hetero) is 1. The van der Waals surface area contributed by atoms with Gasteiger partial charge in [-0.05, 0) is 104 Å². The fourth-order valence-electron chi connectivity index (χ4n) is 9.11. The Morgan fingerprint density at radius 3 is 2.27 bits per heavy atom. The van der Waals surface area contributed by atoms with Crippen LogP contribution in [0, 0.1) is 52.3 Å². The zero-order chi connectivity index (χ0) is 21.8. The average Bonchev–Trinajstić information content (AvgIpc) is 3.04. The van der Waals surface area contributed by atoms with Crippen LogP contribution in [0.15, 0.2) is 0 Å². The summed E-state index contributed by atoms with van der Waals surface area (Å²) in [6.45, 7) is 11.4. The summed E-state index contributed by atoms with van der Waals surface area (Å²) in [5.41, 5.74) is 0.578. The number of ketones is 1. The monoisotopic (exact) mass is 418 g/mol. The summed E-state index contributed by atoms with van der Waals surface area (Å²) < 4.78 is 0. The Morgan fingerprint density at radius 2 is 1.57 bits per heavy atom. The van der Waals surface area contributed by atoms with E-state index < -0.39 is 0 Å². The predicted molar refractivity (Wildman–Crippen MR) is 121 cm³/mol. The van der Waals surface area contributed by atoms with Gasteiger partial charge in [-0.2, -0.15) is 0 Å². The Balaban J connectivity index is 1.50. The zero-order valence-corrected chi connectivity index (χ0v) is 20.1. The molecule has 4 fully saturated rings. The number of carbonyl (C=O) groups excluding carboxylic acids is 1. The third kappa shape index (κ3) is 3.60. The predicted octanol–water partition coefficient (Wildman–Crippen LogP) is 5.62. The molecule has 0 bridgehead atoms. The van der Waals surface area contributed by atoms with Crippen LogP contribution in [0.3, 0.4) is 0 Å². The van der Waals surface area contributed by atoms with Gasteiger partial charge in [0.1, 0.15) is 5.78 Å². The van der Waals surface area contributed by atoms with Gasteiger partial charge in [0, 0.05) is 12.3 Å². The van der Waals surface area contributed by atoms with E-state index in [2.05, 4.69) is 20.8 Å². The lowest BCUT2D eigenvalue weighted by Crippen LogP contribution is -2.58. The van der Waals surface area contributed by atoms with Gasteiger partial charge in [0.25, 0.3) is 0 Å². The summed E-state index contributed by atoms with van der Waals surface area (Å²) in [7, 11) is 0. The Hall–Kier alpha value is -0.410. The molecule has 0 radical (unpaired) electrons. The number of carbonyl (C=O) groups is 1. The molecule has 4 aliphatic rings. The molecule has 0 aliphatic heterocycles. The maximum Gasteiger partial charge on any atom is 0.135 e. The molecule has 10 atom stereocenters. The minimum absolute atomic E-state index is 0.158. The van der Waals surface area contributed by atoms with Gasteiger partial charge in [-0.1, -0.05) is 34.6 Å². The van der Waals surface area contributed by atoms with Crippen molar-refractivity contribution in [2.24, 2.45) is 52.3 Å². The Kier molecular flexibility index (Phi) is 6.21. The second-order valence-electron chi connectivity index (χ2n) is 12.6. The highest BCUT2D eigenvalue weighted by atomic mass is 16.3. The van der Waals surface area contributed by atoms with Crippen molar-refractivity contribution in [3.63, 3.8) is 0 Å². The highest BCUT2D eigenvalue weighted by molar-refractivity contribution is 5.80. The van der Waals surface area contributed by atoms with Crippen LogP contribution in [0.1, 0.15) is 98.8 Å². The van der Waals surface area contributed by atoms with Gasteiger partial charge in [0.15, 0.2) is 0 Å². The minimum Gasteiger partial charge on any atom is -0.393 e. The van der Waals surface area contributed by atoms with E-state index in [0.717, 1.165) is 50.4 Å². The van der Waals surface area contributed by atoms with Gasteiger partial charge in [0.05, 0.1) is 12.2 Å². The Bertz CT molecular complexity index is 644. The molecule has 4 aliphatic carbocycles. The summed E-state index contributed by atoms with van der Waals surface area (Å²) in [5.74, 6) is 4.27. The first-order valence-corrected chi connectivity index (χ1v) is 13.0. The molecule has 0 amide bonds. The van der Waals surface area contributed by atoms with Gasteiger partial charge in [0.2, 0.25) is 0 Å². The van der Waals surface area contributed by atoms with E-state index in [1.54, 1.807) is 0 Å². The highest BCUT2D eigenvalue weighted by Crippen LogP contribution is 2.68. The van der Waals surface area contributed by atoms with Crippen molar-refractivity contribution in [2.45, 2.75) is 111 Å². The molecule has 30 heavy (non-hydrogen) atoms. The molecule has 4 saturated carbocycles. The summed E-state index contributed by atoms with van der Waals surface area (Å²) in [6.07, 6.45) is 10.3. The smallest absolute Gasteiger partial charge is 0.135 e. The lowest BCUT2D eigenvalue weighted by atomic mass is 9.44. The molecule has 0 spiro atoms. The van der Waals surface area contributed by atoms with E-state index in [4.69, 9.17) is 0 Å². The molecule has 4 rings (SSSR count). The van der Waals surface area contributed by atoms with E-state index in [-0.39, 0.29) is 29.5 Å². The lowest BCUT2D eigenvalue weighted by molar-refractivity contribution is -0.172. The molecule has 0 unspecified atom stereocenters. The van der Waals surface area contributed by atoms with Gasteiger partial charge in [-0.3, -0.25) is 4.79 Å². The van der Waals surface area contributed by atoms with E-state index >= 15 is 0 Å². The van der Waals surface area contributed by atoms with E-state index in [9.17, 15) is 15.0 Å². The van der Waals surface area contributed by atoms with Crippen molar-refractivity contribution < 1.29 is 15.0 Å². The molecule has 0 aromatic carbocycles. The zero-order valence-electron chi connectivity index (χ0n) is 20.1. The minimum atomic E-state index is -0.242. The van der Waals surface area contributed by atoms with Crippen molar-refractivity contribution in [3.8, 4) is 0 Å². The second kappa shape index (κ2) is 8.18. The summed E-state index contributed by atoms with van der Waals surface area (Å²) in [6, 6.07) is 0. The van der Waals surface area contributed by atoms with Crippen molar-refractivity contribution in [1.82, 2.24) is 0 Å². The molecule has 172 valence electrons.